The Bertz CT molecular complexity index is 804. The van der Waals surface area contributed by atoms with E-state index in [4.69, 9.17) is 4.74 Å². The molecule has 0 spiro atoms. The quantitative estimate of drug-likeness (QED) is 0.648. The highest BCUT2D eigenvalue weighted by Gasteiger charge is 2.13. The minimum atomic E-state index is 0.316. The summed E-state index contributed by atoms with van der Waals surface area (Å²) in [5.41, 5.74) is 3.10. The number of fused-ring (bicyclic) bond motifs is 1. The number of para-hydroxylation sites is 2. The van der Waals surface area contributed by atoms with Gasteiger partial charge in [-0.1, -0.05) is 24.3 Å². The number of carbonyl (C=O) groups excluding carboxylic acids is 1. The van der Waals surface area contributed by atoms with Crippen molar-refractivity contribution in [2.24, 2.45) is 0 Å². The number of hydrogen-bond acceptors (Lipinski definition) is 3. The number of aromatic nitrogens is 2. The van der Waals surface area contributed by atoms with E-state index in [0.29, 0.717) is 19.1 Å². The largest absolute Gasteiger partial charge is 0.486 e. The molecule has 0 aliphatic rings. The van der Waals surface area contributed by atoms with Crippen LogP contribution in [0.5, 0.6) is 5.75 Å². The van der Waals surface area contributed by atoms with Crippen molar-refractivity contribution in [1.82, 2.24) is 9.55 Å². The normalized spacial score (nSPS) is 11.1. The van der Waals surface area contributed by atoms with Gasteiger partial charge in [0, 0.05) is 12.5 Å². The molecule has 3 aromatic rings. The molecule has 1 heterocycles. The second-order valence-corrected chi connectivity index (χ2v) is 5.78. The molecule has 0 saturated heterocycles. The smallest absolute Gasteiger partial charge is 0.148 e. The molecular weight excluding hydrogens is 288 g/mol. The first-order valence-electron chi connectivity index (χ1n) is 7.80. The second kappa shape index (κ2) is 6.65. The fraction of sp³-hybridized carbons (Fsp3) is 0.263. The number of nitrogens with zero attached hydrogens (tertiary/aromatic N) is 2. The summed E-state index contributed by atoms with van der Waals surface area (Å²) in [6.07, 6.45) is 1.34. The fourth-order valence-electron chi connectivity index (χ4n) is 2.74. The van der Waals surface area contributed by atoms with Gasteiger partial charge in [0.05, 0.1) is 11.0 Å². The Kier molecular flexibility index (Phi) is 4.42. The molecule has 1 aromatic heterocycles. The molecule has 2 aromatic carbocycles. The lowest BCUT2D eigenvalue weighted by atomic mass is 10.2. The Morgan fingerprint density at radius 1 is 1.13 bits per heavy atom. The lowest BCUT2D eigenvalue weighted by Crippen LogP contribution is -2.09. The van der Waals surface area contributed by atoms with Gasteiger partial charge in [-0.15, -0.1) is 0 Å². The van der Waals surface area contributed by atoms with Crippen molar-refractivity contribution in [2.75, 3.05) is 0 Å². The minimum absolute atomic E-state index is 0.316. The maximum absolute atomic E-state index is 10.5. The first kappa shape index (κ1) is 15.3. The fourth-order valence-corrected chi connectivity index (χ4v) is 2.74. The highest BCUT2D eigenvalue weighted by atomic mass is 16.5. The number of benzene rings is 2. The molecule has 0 fully saturated rings. The zero-order chi connectivity index (χ0) is 16.2. The molecule has 0 aliphatic carbocycles. The Morgan fingerprint density at radius 2 is 1.87 bits per heavy atom. The number of rotatable bonds is 6. The summed E-state index contributed by atoms with van der Waals surface area (Å²) in [6.45, 7) is 4.71. The zero-order valence-corrected chi connectivity index (χ0v) is 13.4. The molecule has 3 rings (SSSR count). The number of hydrogen-bond donors (Lipinski definition) is 0. The Balaban J connectivity index is 1.81. The van der Waals surface area contributed by atoms with Crippen LogP contribution in [-0.2, 0) is 17.8 Å². The van der Waals surface area contributed by atoms with Gasteiger partial charge in [0.15, 0.2) is 0 Å². The molecule has 0 atom stereocenters. The monoisotopic (exact) mass is 308 g/mol. The number of aldehydes is 1. The first-order valence-corrected chi connectivity index (χ1v) is 7.80. The Labute approximate surface area is 135 Å². The zero-order valence-electron chi connectivity index (χ0n) is 13.4. The van der Waals surface area contributed by atoms with Gasteiger partial charge in [-0.25, -0.2) is 4.98 Å². The molecule has 0 unspecified atom stereocenters. The van der Waals surface area contributed by atoms with Crippen molar-refractivity contribution in [1.29, 1.82) is 0 Å². The van der Waals surface area contributed by atoms with Gasteiger partial charge in [-0.05, 0) is 43.7 Å². The highest BCUT2D eigenvalue weighted by molar-refractivity contribution is 5.76. The van der Waals surface area contributed by atoms with E-state index in [9.17, 15) is 4.79 Å². The Morgan fingerprint density at radius 3 is 2.57 bits per heavy atom. The van der Waals surface area contributed by atoms with E-state index in [1.807, 2.05) is 42.5 Å². The van der Waals surface area contributed by atoms with Crippen LogP contribution >= 0.6 is 0 Å². The van der Waals surface area contributed by atoms with Crippen molar-refractivity contribution in [3.05, 3.63) is 59.9 Å². The van der Waals surface area contributed by atoms with Crippen LogP contribution in [0.4, 0.5) is 0 Å². The number of imidazole rings is 1. The van der Waals surface area contributed by atoms with Gasteiger partial charge in [-0.3, -0.25) is 0 Å². The molecule has 23 heavy (non-hydrogen) atoms. The molecule has 118 valence electrons. The van der Waals surface area contributed by atoms with Gasteiger partial charge in [0.1, 0.15) is 24.5 Å². The SMILES string of the molecule is CC(C)n1c(COc2ccc(CC=O)cc2)nc2ccccc21. The van der Waals surface area contributed by atoms with Crippen LogP contribution in [0.3, 0.4) is 0 Å². The van der Waals surface area contributed by atoms with Gasteiger partial charge < -0.3 is 14.1 Å². The van der Waals surface area contributed by atoms with E-state index in [1.165, 1.54) is 0 Å². The van der Waals surface area contributed by atoms with E-state index in [1.54, 1.807) is 0 Å². The highest BCUT2D eigenvalue weighted by Crippen LogP contribution is 2.22. The van der Waals surface area contributed by atoms with Crippen LogP contribution in [0.15, 0.2) is 48.5 Å². The van der Waals surface area contributed by atoms with Crippen LogP contribution in [-0.4, -0.2) is 15.8 Å². The summed E-state index contributed by atoms with van der Waals surface area (Å²) in [7, 11) is 0. The number of ether oxygens (including phenoxy) is 1. The minimum Gasteiger partial charge on any atom is -0.486 e. The second-order valence-electron chi connectivity index (χ2n) is 5.78. The molecule has 4 heteroatoms. The van der Waals surface area contributed by atoms with Crippen LogP contribution in [0, 0.1) is 0 Å². The average Bonchev–Trinajstić information content (AvgIpc) is 2.93. The summed E-state index contributed by atoms with van der Waals surface area (Å²) in [4.78, 5) is 15.2. The summed E-state index contributed by atoms with van der Waals surface area (Å²) in [5.74, 6) is 1.69. The van der Waals surface area contributed by atoms with Crippen molar-refractivity contribution >= 4 is 17.3 Å². The molecule has 0 saturated carbocycles. The summed E-state index contributed by atoms with van der Waals surface area (Å²) < 4.78 is 8.08. The third-order valence-corrected chi connectivity index (χ3v) is 3.80. The summed E-state index contributed by atoms with van der Waals surface area (Å²) in [6, 6.07) is 16.0. The molecule has 0 N–H and O–H groups in total. The van der Waals surface area contributed by atoms with Crippen molar-refractivity contribution in [3.8, 4) is 5.75 Å². The van der Waals surface area contributed by atoms with Gasteiger partial charge >= 0.3 is 0 Å². The molecule has 0 aliphatic heterocycles. The predicted octanol–water partition coefficient (Wildman–Crippen LogP) is 3.94. The molecule has 4 nitrogen and oxygen atoms in total. The van der Waals surface area contributed by atoms with Crippen molar-refractivity contribution in [3.63, 3.8) is 0 Å². The van der Waals surface area contributed by atoms with Gasteiger partial charge in [-0.2, -0.15) is 0 Å². The number of carbonyl (C=O) groups is 1. The standard InChI is InChI=1S/C19H20N2O2/c1-14(2)21-18-6-4-3-5-17(18)20-19(21)13-23-16-9-7-15(8-10-16)11-12-22/h3-10,12,14H,11,13H2,1-2H3. The third kappa shape index (κ3) is 3.26. The molecule has 0 amide bonds. The summed E-state index contributed by atoms with van der Waals surface area (Å²) in [5, 5.41) is 0. The van der Waals surface area contributed by atoms with E-state index >= 15 is 0 Å². The lowest BCUT2D eigenvalue weighted by molar-refractivity contribution is -0.107. The predicted molar refractivity (Wildman–Crippen MR) is 90.7 cm³/mol. The summed E-state index contributed by atoms with van der Waals surface area (Å²) >= 11 is 0. The molecule has 0 radical (unpaired) electrons. The maximum Gasteiger partial charge on any atom is 0.148 e. The topological polar surface area (TPSA) is 44.1 Å². The maximum atomic E-state index is 10.5. The van der Waals surface area contributed by atoms with E-state index in [0.717, 1.165) is 34.5 Å². The molecule has 0 bridgehead atoms. The van der Waals surface area contributed by atoms with Crippen molar-refractivity contribution in [2.45, 2.75) is 32.9 Å². The van der Waals surface area contributed by atoms with Crippen LogP contribution in [0.25, 0.3) is 11.0 Å². The van der Waals surface area contributed by atoms with E-state index < -0.39 is 0 Å². The van der Waals surface area contributed by atoms with E-state index in [2.05, 4.69) is 29.5 Å². The van der Waals surface area contributed by atoms with E-state index in [-0.39, 0.29) is 0 Å². The lowest BCUT2D eigenvalue weighted by Gasteiger charge is -2.13. The van der Waals surface area contributed by atoms with Gasteiger partial charge in [0.2, 0.25) is 0 Å². The molecular formula is C19H20N2O2. The first-order chi connectivity index (χ1) is 11.2. The van der Waals surface area contributed by atoms with Crippen LogP contribution in [0.2, 0.25) is 0 Å². The van der Waals surface area contributed by atoms with Crippen LogP contribution in [0.1, 0.15) is 31.3 Å². The van der Waals surface area contributed by atoms with Crippen LogP contribution < -0.4 is 4.74 Å². The average molecular weight is 308 g/mol. The van der Waals surface area contributed by atoms with Crippen molar-refractivity contribution < 1.29 is 9.53 Å². The Hall–Kier alpha value is -2.62. The third-order valence-electron chi connectivity index (χ3n) is 3.80. The van der Waals surface area contributed by atoms with Gasteiger partial charge in [0.25, 0.3) is 0 Å².